The first-order valence-electron chi connectivity index (χ1n) is 26.4. The number of nitrogens with zero attached hydrogens (tertiary/aromatic N) is 4. The zero-order valence-corrected chi connectivity index (χ0v) is 35.1. The molecular weight excluding hydrogens is 781 g/mol. The zero-order chi connectivity index (χ0) is 51.7. The fourth-order valence-electron chi connectivity index (χ4n) is 8.89. The summed E-state index contributed by atoms with van der Waals surface area (Å²) >= 11 is 0. The van der Waals surface area contributed by atoms with Gasteiger partial charge in [0.1, 0.15) is 17.3 Å². The predicted octanol–water partition coefficient (Wildman–Crippen LogP) is 14.9. The van der Waals surface area contributed by atoms with Crippen molar-refractivity contribution in [2.75, 3.05) is 0 Å². The number of aromatic nitrogens is 4. The van der Waals surface area contributed by atoms with Crippen molar-refractivity contribution in [1.82, 2.24) is 14.1 Å². The van der Waals surface area contributed by atoms with E-state index < -0.39 is 60.4 Å². The molecule has 11 rings (SSSR count). The Labute approximate surface area is 387 Å². The summed E-state index contributed by atoms with van der Waals surface area (Å²) in [6.07, 6.45) is 7.37. The van der Waals surface area contributed by atoms with E-state index >= 15 is 0 Å². The average molecular weight is 837 g/mol. The van der Waals surface area contributed by atoms with E-state index in [1.165, 1.54) is 5.56 Å². The summed E-state index contributed by atoms with van der Waals surface area (Å²) in [5, 5.41) is 2.12. The molecule has 0 atom stereocenters. The number of benzene rings is 8. The minimum Gasteiger partial charge on any atom is -0.458 e. The smallest absolute Gasteiger partial charge is 0.269 e. The molecule has 0 aliphatic carbocycles. The number of imidazole rings is 1. The molecule has 0 aliphatic rings. The van der Waals surface area contributed by atoms with E-state index in [1.807, 2.05) is 85.1 Å². The molecule has 0 radical (unpaired) electrons. The van der Waals surface area contributed by atoms with Crippen LogP contribution in [0.15, 0.2) is 212 Å². The molecule has 5 nitrogen and oxygen atoms in total. The molecule has 8 aromatic carbocycles. The van der Waals surface area contributed by atoms with E-state index in [9.17, 15) is 0 Å². The Morgan fingerprint density at radius 3 is 2.03 bits per heavy atom. The van der Waals surface area contributed by atoms with Gasteiger partial charge >= 0.3 is 0 Å². The van der Waals surface area contributed by atoms with Crippen molar-refractivity contribution in [3.05, 3.63) is 224 Å². The molecule has 0 unspecified atom stereocenters. The number of fused-ring (bicyclic) bond motifs is 4. The first kappa shape index (κ1) is 29.3. The molecule has 0 aliphatic heterocycles. The van der Waals surface area contributed by atoms with Gasteiger partial charge in [-0.2, -0.15) is 0 Å². The van der Waals surface area contributed by atoms with Crippen LogP contribution in [0, 0.1) is 6.33 Å². The third-order valence-electron chi connectivity index (χ3n) is 12.0. The Morgan fingerprint density at radius 1 is 0.578 bits per heavy atom. The van der Waals surface area contributed by atoms with Crippen molar-refractivity contribution in [3.63, 3.8) is 0 Å². The molecule has 64 heavy (non-hydrogen) atoms. The van der Waals surface area contributed by atoms with Crippen molar-refractivity contribution in [2.45, 2.75) is 32.6 Å². The van der Waals surface area contributed by atoms with Crippen molar-refractivity contribution in [2.24, 2.45) is 0 Å². The molecule has 3 heterocycles. The van der Waals surface area contributed by atoms with E-state index in [0.717, 1.165) is 51.6 Å². The Hall–Kier alpha value is -8.02. The molecule has 308 valence electrons. The van der Waals surface area contributed by atoms with Crippen LogP contribution in [0.5, 0.6) is 11.5 Å². The summed E-state index contributed by atoms with van der Waals surface area (Å²) in [6, 6.07) is 41.7. The highest BCUT2D eigenvalue weighted by Crippen LogP contribution is 2.39. The van der Waals surface area contributed by atoms with Crippen LogP contribution in [0.1, 0.15) is 51.9 Å². The van der Waals surface area contributed by atoms with Gasteiger partial charge in [0.15, 0.2) is 0 Å². The second kappa shape index (κ2) is 16.7. The standard InChI is InChI=1S/C59H46N4O/c1-3-41(4-2)46-34-35-60-58(37-46)63-54-33-30-45(42-18-8-5-9-19-42)36-53(54)52-32-31-49(39-57(52)63)64-48-25-16-24-47(38-48)61-40-62(56-29-15-14-28-55(56)61)59-50(43-20-10-6-11-21-43)26-17-27-51(59)44-22-12-7-13-23-44/h5-39,41H,3-4H2,1-2H3/i6D,7D,10D,11D,12D,13D,20D,21D,22D,23D. The van der Waals surface area contributed by atoms with Crippen molar-refractivity contribution < 1.29 is 23.0 Å². The summed E-state index contributed by atoms with van der Waals surface area (Å²) in [5.74, 6) is 2.31. The van der Waals surface area contributed by atoms with Gasteiger partial charge in [-0.15, -0.1) is 0 Å². The number of para-hydroxylation sites is 3. The van der Waals surface area contributed by atoms with Gasteiger partial charge in [-0.1, -0.05) is 159 Å². The lowest BCUT2D eigenvalue weighted by Gasteiger charge is -2.17. The summed E-state index contributed by atoms with van der Waals surface area (Å²) in [6.45, 7) is 4.43. The van der Waals surface area contributed by atoms with Crippen LogP contribution >= 0.6 is 0 Å². The number of ether oxygens (including phenoxy) is 1. The average Bonchev–Trinajstić information content (AvgIpc) is 3.98. The maximum absolute atomic E-state index is 9.04. The Bertz CT molecular complexity index is 3910. The summed E-state index contributed by atoms with van der Waals surface area (Å²) in [5.41, 5.74) is 7.49. The van der Waals surface area contributed by atoms with Gasteiger partial charge in [0, 0.05) is 23.0 Å². The zero-order valence-electron chi connectivity index (χ0n) is 45.1. The molecule has 0 saturated carbocycles. The lowest BCUT2D eigenvalue weighted by Crippen LogP contribution is -2.31. The van der Waals surface area contributed by atoms with E-state index in [2.05, 4.69) is 73.3 Å². The number of rotatable bonds is 11. The molecule has 0 N–H and O–H groups in total. The third-order valence-corrected chi connectivity index (χ3v) is 12.0. The Balaban J connectivity index is 1.07. The van der Waals surface area contributed by atoms with Crippen LogP contribution < -0.4 is 9.30 Å². The van der Waals surface area contributed by atoms with Crippen LogP contribution in [0.2, 0.25) is 0 Å². The van der Waals surface area contributed by atoms with Crippen LogP contribution in [-0.4, -0.2) is 14.1 Å². The SMILES string of the molecule is [2H]c1c([2H])c([2H])c(-c2cccc(-c3c([2H])c([2H])c([2H])c([2H])c3[2H])c2-[n+]2[c-]n(-c3cccc(Oc4ccc5c6cc(-c7ccccc7)ccc6n(-c6cc(C(CC)CC)ccn6)c5c4)c3)c3ccccc32)c([2H])c1[2H]. The molecule has 0 amide bonds. The highest BCUT2D eigenvalue weighted by Gasteiger charge is 2.21. The van der Waals surface area contributed by atoms with Gasteiger partial charge in [-0.25, -0.2) is 4.98 Å². The number of hydrogen-bond donors (Lipinski definition) is 0. The molecule has 0 saturated heterocycles. The van der Waals surface area contributed by atoms with Gasteiger partial charge in [-0.05, 0) is 112 Å². The second-order valence-electron chi connectivity index (χ2n) is 15.6. The molecule has 11 aromatic rings. The lowest BCUT2D eigenvalue weighted by molar-refractivity contribution is -0.571. The summed E-state index contributed by atoms with van der Waals surface area (Å²) in [4.78, 5) is 4.93. The largest absolute Gasteiger partial charge is 0.458 e. The van der Waals surface area contributed by atoms with Gasteiger partial charge < -0.3 is 4.74 Å². The van der Waals surface area contributed by atoms with E-state index in [4.69, 9.17) is 23.4 Å². The van der Waals surface area contributed by atoms with E-state index in [-0.39, 0.29) is 27.9 Å². The maximum atomic E-state index is 9.04. The minimum atomic E-state index is -0.566. The predicted molar refractivity (Wildman–Crippen MR) is 262 cm³/mol. The highest BCUT2D eigenvalue weighted by molar-refractivity contribution is 6.10. The van der Waals surface area contributed by atoms with Gasteiger partial charge in [0.05, 0.1) is 47.1 Å². The van der Waals surface area contributed by atoms with Gasteiger partial charge in [-0.3, -0.25) is 13.7 Å². The van der Waals surface area contributed by atoms with Crippen molar-refractivity contribution >= 4 is 32.8 Å². The molecule has 0 fully saturated rings. The normalized spacial score (nSPS) is 13.7. The molecule has 3 aromatic heterocycles. The number of hydrogen-bond acceptors (Lipinski definition) is 2. The first-order chi connectivity index (χ1) is 35.8. The molecule has 0 bridgehead atoms. The quantitative estimate of drug-likeness (QED) is 0.0961. The third kappa shape index (κ3) is 7.01. The monoisotopic (exact) mass is 836 g/mol. The lowest BCUT2D eigenvalue weighted by atomic mass is 9.95. The summed E-state index contributed by atoms with van der Waals surface area (Å²) in [7, 11) is 0. The van der Waals surface area contributed by atoms with Crippen LogP contribution in [0.4, 0.5) is 0 Å². The van der Waals surface area contributed by atoms with E-state index in [0.29, 0.717) is 34.1 Å². The molecule has 0 spiro atoms. The fourth-order valence-corrected chi connectivity index (χ4v) is 8.89. The second-order valence-corrected chi connectivity index (χ2v) is 15.6. The van der Waals surface area contributed by atoms with Gasteiger partial charge in [0.25, 0.3) is 6.33 Å². The van der Waals surface area contributed by atoms with Crippen LogP contribution in [-0.2, 0) is 0 Å². The fraction of sp³-hybridized carbons (Fsp3) is 0.0847. The maximum Gasteiger partial charge on any atom is 0.269 e. The first-order valence-corrected chi connectivity index (χ1v) is 21.4. The molecular formula is C59H46N4O. The minimum absolute atomic E-state index is 0.129. The van der Waals surface area contributed by atoms with Gasteiger partial charge in [0.2, 0.25) is 0 Å². The van der Waals surface area contributed by atoms with E-state index in [1.54, 1.807) is 27.3 Å². The van der Waals surface area contributed by atoms with Crippen LogP contribution in [0.25, 0.3) is 83.4 Å². The summed E-state index contributed by atoms with van der Waals surface area (Å²) < 4.78 is 99.6. The topological polar surface area (TPSA) is 35.9 Å². The van der Waals surface area contributed by atoms with Crippen LogP contribution in [0.3, 0.4) is 0 Å². The Kier molecular flexibility index (Phi) is 7.64. The molecule has 5 heteroatoms. The van der Waals surface area contributed by atoms with Crippen molar-refractivity contribution in [3.8, 4) is 62.1 Å². The Morgan fingerprint density at radius 2 is 1.28 bits per heavy atom. The van der Waals surface area contributed by atoms with Crippen molar-refractivity contribution in [1.29, 1.82) is 0 Å². The highest BCUT2D eigenvalue weighted by atomic mass is 16.5. The number of pyridine rings is 1.